The lowest BCUT2D eigenvalue weighted by atomic mass is 10.1. The number of aliphatic carboxylic acids is 1. The molecule has 0 saturated heterocycles. The summed E-state index contributed by atoms with van der Waals surface area (Å²) in [4.78, 5) is 15.7. The maximum atomic E-state index is 13.5. The van der Waals surface area contributed by atoms with Gasteiger partial charge in [-0.05, 0) is 12.3 Å². The average molecular weight is 296 g/mol. The van der Waals surface area contributed by atoms with Crippen LogP contribution in [0.5, 0.6) is 0 Å². The van der Waals surface area contributed by atoms with Gasteiger partial charge in [-0.1, -0.05) is 20.8 Å². The highest BCUT2D eigenvalue weighted by Gasteiger charge is 2.25. The minimum atomic E-state index is -1.01. The summed E-state index contributed by atoms with van der Waals surface area (Å²) in [6.07, 6.45) is 0.882. The molecule has 0 radical (unpaired) electrons. The smallest absolute Gasteiger partial charge is 0.326 e. The Hall–Kier alpha value is -1.98. The van der Waals surface area contributed by atoms with E-state index >= 15 is 0 Å². The summed E-state index contributed by atoms with van der Waals surface area (Å²) in [7, 11) is 0. The van der Waals surface area contributed by atoms with Crippen LogP contribution in [0.2, 0.25) is 0 Å². The van der Waals surface area contributed by atoms with E-state index < -0.39 is 23.6 Å². The normalized spacial score (nSPS) is 13.0. The molecule has 0 amide bonds. The highest BCUT2D eigenvalue weighted by atomic mass is 19.2. The predicted octanol–water partition coefficient (Wildman–Crippen LogP) is 3.55. The molecule has 1 unspecified atom stereocenters. The van der Waals surface area contributed by atoms with Crippen molar-refractivity contribution in [3.8, 4) is 0 Å². The number of rotatable bonds is 5. The molecule has 6 heteroatoms. The third-order valence-corrected chi connectivity index (χ3v) is 3.38. The van der Waals surface area contributed by atoms with Gasteiger partial charge in [0, 0.05) is 18.6 Å². The standard InChI is InChI=1S/C15H18F2N2O2/c1-4-12(15(20)21)19-13-7-10(17)9(16)6-11(13)18-14(19)5-8(2)3/h6-8,12H,4-5H2,1-3H3,(H,20,21). The molecule has 0 aliphatic carbocycles. The van der Waals surface area contributed by atoms with Gasteiger partial charge < -0.3 is 9.67 Å². The number of fused-ring (bicyclic) bond motifs is 1. The summed E-state index contributed by atoms with van der Waals surface area (Å²) in [5, 5.41) is 9.37. The number of aromatic nitrogens is 2. The highest BCUT2D eigenvalue weighted by molar-refractivity contribution is 5.80. The van der Waals surface area contributed by atoms with E-state index in [0.29, 0.717) is 24.2 Å². The highest BCUT2D eigenvalue weighted by Crippen LogP contribution is 2.27. The van der Waals surface area contributed by atoms with Crippen molar-refractivity contribution in [2.75, 3.05) is 0 Å². The number of carboxylic acid groups (broad SMARTS) is 1. The molecule has 1 aromatic heterocycles. The molecule has 0 saturated carbocycles. The number of nitrogens with zero attached hydrogens (tertiary/aromatic N) is 2. The predicted molar refractivity (Wildman–Crippen MR) is 75.2 cm³/mol. The molecule has 0 aliphatic heterocycles. The van der Waals surface area contributed by atoms with Gasteiger partial charge in [0.25, 0.3) is 0 Å². The number of hydrogen-bond donors (Lipinski definition) is 1. The molecule has 2 aromatic rings. The van der Waals surface area contributed by atoms with Crippen molar-refractivity contribution in [3.63, 3.8) is 0 Å². The van der Waals surface area contributed by atoms with E-state index in [2.05, 4.69) is 4.98 Å². The van der Waals surface area contributed by atoms with Crippen LogP contribution in [0.4, 0.5) is 8.78 Å². The fourth-order valence-corrected chi connectivity index (χ4v) is 2.46. The number of imidazole rings is 1. The summed E-state index contributed by atoms with van der Waals surface area (Å²) in [5.41, 5.74) is 0.600. The van der Waals surface area contributed by atoms with Crippen molar-refractivity contribution in [3.05, 3.63) is 29.6 Å². The van der Waals surface area contributed by atoms with Crippen LogP contribution in [0.25, 0.3) is 11.0 Å². The Bertz CT molecular complexity index is 680. The van der Waals surface area contributed by atoms with E-state index in [-0.39, 0.29) is 11.4 Å². The quantitative estimate of drug-likeness (QED) is 0.918. The Morgan fingerprint density at radius 1 is 1.33 bits per heavy atom. The lowest BCUT2D eigenvalue weighted by Gasteiger charge is -2.17. The average Bonchev–Trinajstić information content (AvgIpc) is 2.68. The molecule has 0 spiro atoms. The van der Waals surface area contributed by atoms with Gasteiger partial charge in [-0.2, -0.15) is 0 Å². The van der Waals surface area contributed by atoms with Crippen LogP contribution >= 0.6 is 0 Å². The van der Waals surface area contributed by atoms with E-state index in [1.807, 2.05) is 13.8 Å². The number of carbonyl (C=O) groups is 1. The molecular weight excluding hydrogens is 278 g/mol. The lowest BCUT2D eigenvalue weighted by Crippen LogP contribution is -2.21. The van der Waals surface area contributed by atoms with Crippen molar-refractivity contribution in [2.24, 2.45) is 5.92 Å². The molecule has 114 valence electrons. The topological polar surface area (TPSA) is 55.1 Å². The number of hydrogen-bond acceptors (Lipinski definition) is 2. The van der Waals surface area contributed by atoms with E-state index in [4.69, 9.17) is 0 Å². The van der Waals surface area contributed by atoms with Crippen molar-refractivity contribution >= 4 is 17.0 Å². The summed E-state index contributed by atoms with van der Waals surface area (Å²) in [6.45, 7) is 5.70. The SMILES string of the molecule is CCC(C(=O)O)n1c(CC(C)C)nc2cc(F)c(F)cc21. The van der Waals surface area contributed by atoms with E-state index in [9.17, 15) is 18.7 Å². The second kappa shape index (κ2) is 5.79. The number of benzene rings is 1. The van der Waals surface area contributed by atoms with Gasteiger partial charge in [0.2, 0.25) is 0 Å². The van der Waals surface area contributed by atoms with Gasteiger partial charge in [-0.15, -0.1) is 0 Å². The third-order valence-electron chi connectivity index (χ3n) is 3.38. The van der Waals surface area contributed by atoms with Crippen LogP contribution in [0.1, 0.15) is 39.1 Å². The summed E-state index contributed by atoms with van der Waals surface area (Å²) in [6, 6.07) is 1.20. The van der Waals surface area contributed by atoms with Gasteiger partial charge in [-0.25, -0.2) is 18.6 Å². The molecule has 21 heavy (non-hydrogen) atoms. The van der Waals surface area contributed by atoms with E-state index in [1.54, 1.807) is 6.92 Å². The largest absolute Gasteiger partial charge is 0.480 e. The molecule has 0 aliphatic rings. The maximum Gasteiger partial charge on any atom is 0.326 e. The molecule has 1 N–H and O–H groups in total. The molecule has 0 bridgehead atoms. The molecule has 1 atom stereocenters. The first-order valence-corrected chi connectivity index (χ1v) is 6.93. The Morgan fingerprint density at radius 2 is 1.95 bits per heavy atom. The fraction of sp³-hybridized carbons (Fsp3) is 0.467. The van der Waals surface area contributed by atoms with Gasteiger partial charge in [-0.3, -0.25) is 0 Å². The van der Waals surface area contributed by atoms with Gasteiger partial charge in [0.15, 0.2) is 11.6 Å². The van der Waals surface area contributed by atoms with Crippen LogP contribution in [-0.4, -0.2) is 20.6 Å². The minimum absolute atomic E-state index is 0.251. The Balaban J connectivity index is 2.72. The minimum Gasteiger partial charge on any atom is -0.480 e. The van der Waals surface area contributed by atoms with Crippen LogP contribution in [0.15, 0.2) is 12.1 Å². The number of carboxylic acids is 1. The van der Waals surface area contributed by atoms with Crippen molar-refractivity contribution in [2.45, 2.75) is 39.7 Å². The Kier molecular flexibility index (Phi) is 4.25. The second-order valence-corrected chi connectivity index (χ2v) is 5.51. The van der Waals surface area contributed by atoms with Crippen LogP contribution in [0.3, 0.4) is 0 Å². The first-order chi connectivity index (χ1) is 9.85. The Morgan fingerprint density at radius 3 is 2.48 bits per heavy atom. The third kappa shape index (κ3) is 2.89. The first kappa shape index (κ1) is 15.4. The number of halogens is 2. The molecule has 1 heterocycles. The van der Waals surface area contributed by atoms with E-state index in [1.165, 1.54) is 4.57 Å². The molecule has 1 aromatic carbocycles. The summed E-state index contributed by atoms with van der Waals surface area (Å²) in [5.74, 6) is -2.20. The zero-order chi connectivity index (χ0) is 15.7. The molecular formula is C15H18F2N2O2. The molecule has 4 nitrogen and oxygen atoms in total. The molecule has 2 rings (SSSR count). The zero-order valence-electron chi connectivity index (χ0n) is 12.2. The van der Waals surface area contributed by atoms with Gasteiger partial charge in [0.1, 0.15) is 11.9 Å². The zero-order valence-corrected chi connectivity index (χ0v) is 12.2. The monoisotopic (exact) mass is 296 g/mol. The van der Waals surface area contributed by atoms with Crippen LogP contribution < -0.4 is 0 Å². The van der Waals surface area contributed by atoms with Crippen molar-refractivity contribution in [1.82, 2.24) is 9.55 Å². The second-order valence-electron chi connectivity index (χ2n) is 5.51. The lowest BCUT2D eigenvalue weighted by molar-refractivity contribution is -0.140. The van der Waals surface area contributed by atoms with Crippen molar-refractivity contribution in [1.29, 1.82) is 0 Å². The fourth-order valence-electron chi connectivity index (χ4n) is 2.46. The Labute approximate surface area is 121 Å². The van der Waals surface area contributed by atoms with Gasteiger partial charge >= 0.3 is 5.97 Å². The van der Waals surface area contributed by atoms with Crippen LogP contribution in [0, 0.1) is 17.6 Å². The van der Waals surface area contributed by atoms with Crippen LogP contribution in [-0.2, 0) is 11.2 Å². The van der Waals surface area contributed by atoms with E-state index in [0.717, 1.165) is 12.1 Å². The summed E-state index contributed by atoms with van der Waals surface area (Å²) >= 11 is 0. The maximum absolute atomic E-state index is 13.5. The first-order valence-electron chi connectivity index (χ1n) is 6.93. The summed E-state index contributed by atoms with van der Waals surface area (Å²) < 4.78 is 28.4. The van der Waals surface area contributed by atoms with Crippen molar-refractivity contribution < 1.29 is 18.7 Å². The van der Waals surface area contributed by atoms with Gasteiger partial charge in [0.05, 0.1) is 11.0 Å². The molecule has 0 fully saturated rings.